The Kier molecular flexibility index (Phi) is 4.31. The van der Waals surface area contributed by atoms with Crippen molar-refractivity contribution in [1.82, 2.24) is 9.97 Å². The van der Waals surface area contributed by atoms with E-state index in [1.165, 1.54) is 0 Å². The van der Waals surface area contributed by atoms with Gasteiger partial charge in [0.2, 0.25) is 0 Å². The zero-order valence-electron chi connectivity index (χ0n) is 9.76. The lowest BCUT2D eigenvalue weighted by atomic mass is 10.3. The first kappa shape index (κ1) is 12.7. The maximum absolute atomic E-state index is 5.11. The van der Waals surface area contributed by atoms with E-state index >= 15 is 0 Å². The number of alkyl halides is 1. The van der Waals surface area contributed by atoms with E-state index in [1.807, 2.05) is 12.4 Å². The van der Waals surface area contributed by atoms with Gasteiger partial charge < -0.3 is 9.64 Å². The average Bonchev–Trinajstić information content (AvgIpc) is 2.76. The molecule has 6 heteroatoms. The fourth-order valence-corrected chi connectivity index (χ4v) is 3.12. The summed E-state index contributed by atoms with van der Waals surface area (Å²) in [6.45, 7) is 1.53. The molecule has 0 radical (unpaired) electrons. The molecule has 0 amide bonds. The summed E-state index contributed by atoms with van der Waals surface area (Å²) in [5.41, 5.74) is 0. The molecular formula is C11H14BrN3OS. The smallest absolute Gasteiger partial charge is 0.140 e. The minimum atomic E-state index is 0.293. The van der Waals surface area contributed by atoms with Gasteiger partial charge in [0.25, 0.3) is 0 Å². The van der Waals surface area contributed by atoms with Gasteiger partial charge in [0, 0.05) is 20.7 Å². The normalized spacial score (nSPS) is 12.9. The van der Waals surface area contributed by atoms with Crippen LogP contribution in [0, 0.1) is 0 Å². The summed E-state index contributed by atoms with van der Waals surface area (Å²) < 4.78 is 5.11. The van der Waals surface area contributed by atoms with Crippen molar-refractivity contribution in [3.05, 3.63) is 17.8 Å². The Morgan fingerprint density at radius 2 is 2.35 bits per heavy atom. The van der Waals surface area contributed by atoms with E-state index in [-0.39, 0.29) is 0 Å². The molecule has 4 nitrogen and oxygen atoms in total. The summed E-state index contributed by atoms with van der Waals surface area (Å²) in [6.07, 6.45) is 1.62. The van der Waals surface area contributed by atoms with Gasteiger partial charge >= 0.3 is 0 Å². The monoisotopic (exact) mass is 315 g/mol. The molecule has 0 aliphatic carbocycles. The highest BCUT2D eigenvalue weighted by atomic mass is 79.9. The number of aromatic nitrogens is 2. The Labute approximate surface area is 113 Å². The van der Waals surface area contributed by atoms with Crippen LogP contribution < -0.4 is 4.90 Å². The third kappa shape index (κ3) is 2.94. The van der Waals surface area contributed by atoms with E-state index < -0.39 is 0 Å². The molecule has 2 rings (SSSR count). The molecule has 0 spiro atoms. The van der Waals surface area contributed by atoms with Gasteiger partial charge in [-0.1, -0.05) is 15.9 Å². The van der Waals surface area contributed by atoms with Crippen molar-refractivity contribution in [2.45, 2.75) is 4.83 Å². The van der Waals surface area contributed by atoms with Crippen molar-refractivity contribution < 1.29 is 4.74 Å². The van der Waals surface area contributed by atoms with Crippen LogP contribution in [0.3, 0.4) is 0 Å². The molecular weight excluding hydrogens is 302 g/mol. The third-order valence-corrected chi connectivity index (χ3v) is 3.80. The molecule has 92 valence electrons. The lowest BCUT2D eigenvalue weighted by Crippen LogP contribution is -2.28. The van der Waals surface area contributed by atoms with E-state index in [2.05, 4.69) is 36.9 Å². The number of halogens is 1. The van der Waals surface area contributed by atoms with Crippen LogP contribution in [0.4, 0.5) is 5.82 Å². The molecule has 2 aromatic heterocycles. The Bertz CT molecular complexity index is 490. The largest absolute Gasteiger partial charge is 0.383 e. The number of fused-ring (bicyclic) bond motifs is 1. The van der Waals surface area contributed by atoms with Crippen molar-refractivity contribution in [2.24, 2.45) is 0 Å². The SMILES string of the molecule is COCC(Br)CN(C)c1ncnc2sccc12. The van der Waals surface area contributed by atoms with Crippen LogP contribution in [0.5, 0.6) is 0 Å². The van der Waals surface area contributed by atoms with Crippen LogP contribution >= 0.6 is 27.3 Å². The van der Waals surface area contributed by atoms with E-state index in [9.17, 15) is 0 Å². The number of anilines is 1. The van der Waals surface area contributed by atoms with E-state index in [1.54, 1.807) is 24.8 Å². The minimum Gasteiger partial charge on any atom is -0.383 e. The molecule has 2 heterocycles. The lowest BCUT2D eigenvalue weighted by Gasteiger charge is -2.21. The fraction of sp³-hybridized carbons (Fsp3) is 0.455. The van der Waals surface area contributed by atoms with E-state index in [0.29, 0.717) is 11.4 Å². The molecule has 0 saturated carbocycles. The predicted molar refractivity (Wildman–Crippen MR) is 75.3 cm³/mol. The van der Waals surface area contributed by atoms with Gasteiger partial charge in [-0.15, -0.1) is 11.3 Å². The Balaban J connectivity index is 2.18. The van der Waals surface area contributed by atoms with Gasteiger partial charge in [0.15, 0.2) is 0 Å². The molecule has 0 N–H and O–H groups in total. The highest BCUT2D eigenvalue weighted by Crippen LogP contribution is 2.26. The maximum atomic E-state index is 5.11. The number of thiophene rings is 1. The number of rotatable bonds is 5. The molecule has 17 heavy (non-hydrogen) atoms. The summed E-state index contributed by atoms with van der Waals surface area (Å²) in [6, 6.07) is 2.06. The molecule has 1 unspecified atom stereocenters. The summed E-state index contributed by atoms with van der Waals surface area (Å²) in [7, 11) is 3.74. The van der Waals surface area contributed by atoms with Crippen molar-refractivity contribution in [1.29, 1.82) is 0 Å². The van der Waals surface area contributed by atoms with Crippen LogP contribution in [0.15, 0.2) is 17.8 Å². The van der Waals surface area contributed by atoms with Gasteiger partial charge in [-0.3, -0.25) is 0 Å². The van der Waals surface area contributed by atoms with Gasteiger partial charge in [-0.25, -0.2) is 9.97 Å². The maximum Gasteiger partial charge on any atom is 0.140 e. The highest BCUT2D eigenvalue weighted by molar-refractivity contribution is 9.09. The van der Waals surface area contributed by atoms with E-state index in [4.69, 9.17) is 4.74 Å². The molecule has 0 saturated heterocycles. The highest BCUT2D eigenvalue weighted by Gasteiger charge is 2.13. The molecule has 0 fully saturated rings. The van der Waals surface area contributed by atoms with Gasteiger partial charge in [0.05, 0.1) is 16.8 Å². The average molecular weight is 316 g/mol. The zero-order valence-corrected chi connectivity index (χ0v) is 12.2. The standard InChI is InChI=1S/C11H14BrN3OS/c1-15(5-8(12)6-16-2)10-9-3-4-17-11(9)14-7-13-10/h3-4,7-8H,5-6H2,1-2H3. The lowest BCUT2D eigenvalue weighted by molar-refractivity contribution is 0.201. The molecule has 0 aliphatic heterocycles. The summed E-state index contributed by atoms with van der Waals surface area (Å²) >= 11 is 5.22. The molecule has 2 aromatic rings. The van der Waals surface area contributed by atoms with Gasteiger partial charge in [-0.05, 0) is 11.4 Å². The number of methoxy groups -OCH3 is 1. The van der Waals surface area contributed by atoms with Gasteiger partial charge in [-0.2, -0.15) is 0 Å². The Hall–Kier alpha value is -0.720. The first-order valence-corrected chi connectivity index (χ1v) is 7.04. The quantitative estimate of drug-likeness (QED) is 0.795. The van der Waals surface area contributed by atoms with Crippen molar-refractivity contribution >= 4 is 43.3 Å². The third-order valence-electron chi connectivity index (χ3n) is 2.42. The van der Waals surface area contributed by atoms with Crippen LogP contribution in [0.1, 0.15) is 0 Å². The summed E-state index contributed by atoms with van der Waals surface area (Å²) in [5.74, 6) is 0.969. The fourth-order valence-electron chi connectivity index (χ4n) is 1.70. The van der Waals surface area contributed by atoms with Crippen molar-refractivity contribution in [3.63, 3.8) is 0 Å². The molecule has 1 atom stereocenters. The van der Waals surface area contributed by atoms with E-state index in [0.717, 1.165) is 22.6 Å². The van der Waals surface area contributed by atoms with Gasteiger partial charge in [0.1, 0.15) is 17.0 Å². The second-order valence-corrected chi connectivity index (χ2v) is 5.96. The summed E-state index contributed by atoms with van der Waals surface area (Å²) in [5, 5.41) is 3.15. The first-order chi connectivity index (χ1) is 8.22. The van der Waals surface area contributed by atoms with Crippen LogP contribution in [0.25, 0.3) is 10.2 Å². The summed E-state index contributed by atoms with van der Waals surface area (Å²) in [4.78, 5) is 12.0. The molecule has 0 aliphatic rings. The van der Waals surface area contributed by atoms with Crippen LogP contribution in [-0.2, 0) is 4.74 Å². The predicted octanol–water partition coefficient (Wildman–Crippen LogP) is 2.54. The Morgan fingerprint density at radius 3 is 3.12 bits per heavy atom. The van der Waals surface area contributed by atoms with Crippen molar-refractivity contribution in [3.8, 4) is 0 Å². The second-order valence-electron chi connectivity index (χ2n) is 3.77. The number of ether oxygens (including phenoxy) is 1. The second kappa shape index (κ2) is 5.75. The number of nitrogens with zero attached hydrogens (tertiary/aromatic N) is 3. The molecule has 0 aromatic carbocycles. The Morgan fingerprint density at radius 1 is 1.53 bits per heavy atom. The van der Waals surface area contributed by atoms with Crippen LogP contribution in [-0.4, -0.2) is 42.1 Å². The zero-order chi connectivity index (χ0) is 12.3. The minimum absolute atomic E-state index is 0.293. The number of hydrogen-bond acceptors (Lipinski definition) is 5. The van der Waals surface area contributed by atoms with Crippen molar-refractivity contribution in [2.75, 3.05) is 32.2 Å². The van der Waals surface area contributed by atoms with Crippen LogP contribution in [0.2, 0.25) is 0 Å². The number of hydrogen-bond donors (Lipinski definition) is 0. The molecule has 0 bridgehead atoms. The first-order valence-electron chi connectivity index (χ1n) is 5.24. The topological polar surface area (TPSA) is 38.2 Å².